The first kappa shape index (κ1) is 32.4. The van der Waals surface area contributed by atoms with E-state index in [1.165, 1.54) is 24.3 Å². The molecule has 0 aliphatic rings. The van der Waals surface area contributed by atoms with Gasteiger partial charge in [-0.05, 0) is 45.9 Å². The van der Waals surface area contributed by atoms with Crippen molar-refractivity contribution in [1.29, 1.82) is 0 Å². The molecule has 0 aliphatic heterocycles. The number of phenolic OH excluding ortho intramolecular Hbond substituents is 2. The summed E-state index contributed by atoms with van der Waals surface area (Å²) >= 11 is 6.21. The highest BCUT2D eigenvalue weighted by molar-refractivity contribution is 8.05. The number of benzene rings is 2. The molecule has 0 amide bonds. The maximum Gasteiger partial charge on any atom is 0.270 e. The number of sulfonamides is 2. The number of phenols is 2. The fourth-order valence-electron chi connectivity index (χ4n) is 4.10. The van der Waals surface area contributed by atoms with Crippen molar-refractivity contribution in [1.82, 2.24) is 3.23 Å². The third kappa shape index (κ3) is 6.16. The average Bonchev–Trinajstić information content (AvgIpc) is 2.69. The van der Waals surface area contributed by atoms with Crippen molar-refractivity contribution in [3.05, 3.63) is 46.5 Å². The molecule has 38 heavy (non-hydrogen) atoms. The lowest BCUT2D eigenvalue weighted by Gasteiger charge is -2.29. The topological polar surface area (TPSA) is 112 Å². The number of hydrogen-bond donors (Lipinski definition) is 2. The van der Waals surface area contributed by atoms with E-state index in [-0.39, 0.29) is 24.5 Å². The molecule has 0 saturated heterocycles. The minimum atomic E-state index is -4.80. The van der Waals surface area contributed by atoms with Crippen molar-refractivity contribution in [3.63, 3.8) is 0 Å². The van der Waals surface area contributed by atoms with Crippen molar-refractivity contribution in [2.24, 2.45) is 0 Å². The van der Waals surface area contributed by atoms with Gasteiger partial charge in [-0.15, -0.1) is 0 Å². The first-order valence-electron chi connectivity index (χ1n) is 12.4. The van der Waals surface area contributed by atoms with E-state index in [0.717, 1.165) is 0 Å². The highest BCUT2D eigenvalue weighted by Crippen LogP contribution is 2.44. The molecule has 2 rings (SSSR count). The third-order valence-corrected chi connectivity index (χ3v) is 11.1. The van der Waals surface area contributed by atoms with E-state index in [2.05, 4.69) is 0 Å². The van der Waals surface area contributed by atoms with Crippen molar-refractivity contribution >= 4 is 31.8 Å². The van der Waals surface area contributed by atoms with E-state index in [1.807, 2.05) is 83.1 Å². The van der Waals surface area contributed by atoms with Crippen LogP contribution in [-0.4, -0.2) is 30.3 Å². The maximum absolute atomic E-state index is 13.7. The first-order chi connectivity index (χ1) is 16.6. The molecule has 2 aromatic carbocycles. The van der Waals surface area contributed by atoms with Gasteiger partial charge in [-0.1, -0.05) is 83.1 Å². The van der Waals surface area contributed by atoms with Crippen molar-refractivity contribution in [2.45, 2.75) is 115 Å². The van der Waals surface area contributed by atoms with Gasteiger partial charge in [0.15, 0.2) is 0 Å². The summed E-state index contributed by atoms with van der Waals surface area (Å²) in [7, 11) is -9.59. The van der Waals surface area contributed by atoms with Crippen LogP contribution in [0.2, 0.25) is 0 Å². The molecular weight excluding hydrogens is 546 g/mol. The Labute approximate surface area is 234 Å². The van der Waals surface area contributed by atoms with Gasteiger partial charge >= 0.3 is 0 Å². The summed E-state index contributed by atoms with van der Waals surface area (Å²) in [5.41, 5.74) is -1.20. The summed E-state index contributed by atoms with van der Waals surface area (Å²) in [6, 6.07) is 5.07. The smallest absolute Gasteiger partial charge is 0.270 e. The van der Waals surface area contributed by atoms with Crippen LogP contribution in [0.25, 0.3) is 0 Å². The maximum atomic E-state index is 13.7. The van der Waals surface area contributed by atoms with Gasteiger partial charge in [0.1, 0.15) is 11.5 Å². The van der Waals surface area contributed by atoms with Crippen molar-refractivity contribution in [2.75, 3.05) is 0 Å². The number of rotatable bonds is 4. The molecule has 0 unspecified atom stereocenters. The second-order valence-corrected chi connectivity index (χ2v) is 18.4. The minimum absolute atomic E-state index is 0.0453. The molecule has 0 bridgehead atoms. The minimum Gasteiger partial charge on any atom is -0.507 e. The molecule has 10 heteroatoms. The van der Waals surface area contributed by atoms with Crippen LogP contribution in [0.5, 0.6) is 11.5 Å². The highest BCUT2D eigenvalue weighted by Gasteiger charge is 2.40. The Bertz CT molecular complexity index is 1270. The fourth-order valence-corrected chi connectivity index (χ4v) is 7.52. The summed E-state index contributed by atoms with van der Waals surface area (Å²) < 4.78 is 54.8. The Kier molecular flexibility index (Phi) is 8.25. The van der Waals surface area contributed by atoms with E-state index < -0.39 is 41.7 Å². The van der Waals surface area contributed by atoms with Crippen LogP contribution < -0.4 is 0 Å². The summed E-state index contributed by atoms with van der Waals surface area (Å²) in [5, 5.41) is 22.0. The van der Waals surface area contributed by atoms with E-state index in [9.17, 15) is 27.0 Å². The second kappa shape index (κ2) is 9.68. The van der Waals surface area contributed by atoms with Crippen LogP contribution in [0.4, 0.5) is 0 Å². The molecule has 0 radical (unpaired) electrons. The third-order valence-electron chi connectivity index (χ3n) is 6.37. The number of aromatic hydroxyl groups is 2. The zero-order chi connectivity index (χ0) is 30.0. The van der Waals surface area contributed by atoms with Gasteiger partial charge in [-0.2, -0.15) is 0 Å². The molecule has 0 heterocycles. The summed E-state index contributed by atoms with van der Waals surface area (Å²) in [4.78, 5) is -0.704. The molecule has 214 valence electrons. The van der Waals surface area contributed by atoms with Crippen molar-refractivity contribution < 1.29 is 27.0 Å². The van der Waals surface area contributed by atoms with Crippen LogP contribution in [0.15, 0.2) is 34.1 Å². The van der Waals surface area contributed by atoms with Gasteiger partial charge in [0.05, 0.1) is 9.79 Å². The number of nitrogens with zero attached hydrogens (tertiary/aromatic N) is 1. The summed E-state index contributed by atoms with van der Waals surface area (Å²) in [6.45, 7) is 21.8. The summed E-state index contributed by atoms with van der Waals surface area (Å²) in [6.07, 6.45) is 0. The van der Waals surface area contributed by atoms with Crippen LogP contribution in [0, 0.1) is 0 Å². The normalized spacial score (nSPS) is 14.3. The van der Waals surface area contributed by atoms with Crippen LogP contribution in [-0.2, 0) is 41.7 Å². The van der Waals surface area contributed by atoms with E-state index in [1.54, 1.807) is 0 Å². The first-order valence-corrected chi connectivity index (χ1v) is 15.6. The number of halogens is 1. The van der Waals surface area contributed by atoms with Gasteiger partial charge in [-0.3, -0.25) is 0 Å². The second-order valence-electron chi connectivity index (χ2n) is 13.9. The molecule has 0 saturated carbocycles. The zero-order valence-electron chi connectivity index (χ0n) is 24.5. The van der Waals surface area contributed by atoms with Gasteiger partial charge in [-0.25, -0.2) is 16.8 Å². The molecule has 2 N–H and O–H groups in total. The standard InChI is InChI=1S/C28H42ClNO6S2/c1-25(2,3)19-13-17(14-20(23(19)31)26(4,5)6)37(33,34)30(29)38(35,36)18-15-21(27(7,8)9)24(32)22(16-18)28(10,11)12/h13-16,31-32H,1-12H3. The average molecular weight is 588 g/mol. The van der Waals surface area contributed by atoms with Gasteiger partial charge in [0.25, 0.3) is 20.0 Å². The number of hydrogen-bond acceptors (Lipinski definition) is 6. The molecule has 0 spiro atoms. The SMILES string of the molecule is CC(C)(C)c1cc(S(=O)(=O)N(Cl)S(=O)(=O)c2cc(C(C)(C)C)c(O)c(C(C)(C)C)c2)cc(C(C)(C)C)c1O. The van der Waals surface area contributed by atoms with Crippen LogP contribution in [0.1, 0.15) is 105 Å². The molecular formula is C28H42ClNO6S2. The zero-order valence-corrected chi connectivity index (χ0v) is 26.9. The Balaban J connectivity index is 2.88. The highest BCUT2D eigenvalue weighted by atomic mass is 35.5. The largest absolute Gasteiger partial charge is 0.507 e. The molecule has 7 nitrogen and oxygen atoms in total. The van der Waals surface area contributed by atoms with Gasteiger partial charge in [0, 0.05) is 37.3 Å². The molecule has 0 aromatic heterocycles. The van der Waals surface area contributed by atoms with Gasteiger partial charge in [0.2, 0.25) is 0 Å². The monoisotopic (exact) mass is 587 g/mol. The lowest BCUT2D eigenvalue weighted by Crippen LogP contribution is -2.30. The Morgan fingerprint density at radius 1 is 0.526 bits per heavy atom. The Morgan fingerprint density at radius 3 is 0.868 bits per heavy atom. The van der Waals surface area contributed by atoms with E-state index in [0.29, 0.717) is 22.3 Å². The Hall–Kier alpha value is -1.81. The Morgan fingerprint density at radius 2 is 0.711 bits per heavy atom. The van der Waals surface area contributed by atoms with Gasteiger partial charge < -0.3 is 10.2 Å². The summed E-state index contributed by atoms with van der Waals surface area (Å²) in [5.74, 6) is -0.0906. The predicted octanol–water partition coefficient (Wildman–Crippen LogP) is 6.82. The lowest BCUT2D eigenvalue weighted by molar-refractivity contribution is 0.421. The molecule has 2 aromatic rings. The van der Waals surface area contributed by atoms with E-state index >= 15 is 0 Å². The molecule has 0 aliphatic carbocycles. The van der Waals surface area contributed by atoms with Crippen LogP contribution in [0.3, 0.4) is 0 Å². The quantitative estimate of drug-likeness (QED) is 0.379. The molecule has 0 atom stereocenters. The molecule has 0 fully saturated rings. The fraction of sp³-hybridized carbons (Fsp3) is 0.571. The lowest BCUT2D eigenvalue weighted by atomic mass is 9.79. The van der Waals surface area contributed by atoms with E-state index in [4.69, 9.17) is 11.8 Å². The van der Waals surface area contributed by atoms with Crippen molar-refractivity contribution in [3.8, 4) is 11.5 Å². The van der Waals surface area contributed by atoms with Crippen LogP contribution >= 0.6 is 11.8 Å². The predicted molar refractivity (Wildman–Crippen MR) is 153 cm³/mol.